The molecule has 2 N–H and O–H groups in total. The third-order valence-corrected chi connectivity index (χ3v) is 5.96. The molecule has 0 spiro atoms. The van der Waals surface area contributed by atoms with E-state index in [1.807, 2.05) is 0 Å². The van der Waals surface area contributed by atoms with Crippen molar-refractivity contribution in [2.24, 2.45) is 23.0 Å². The Morgan fingerprint density at radius 3 is 2.70 bits per heavy atom. The third kappa shape index (κ3) is 2.27. The summed E-state index contributed by atoms with van der Waals surface area (Å²) in [4.78, 5) is 17.5. The summed E-state index contributed by atoms with van der Waals surface area (Å²) in [5.74, 6) is 1.70. The SMILES string of the molecule is CC1CC(CN)(C(=O)N2CCC3C(CCCN3C)C2)C1. The summed E-state index contributed by atoms with van der Waals surface area (Å²) in [6.45, 7) is 5.87. The van der Waals surface area contributed by atoms with Gasteiger partial charge in [0.05, 0.1) is 5.41 Å². The molecule has 0 radical (unpaired) electrons. The fraction of sp³-hybridized carbons (Fsp3) is 0.938. The van der Waals surface area contributed by atoms with Crippen LogP contribution in [0.5, 0.6) is 0 Å². The lowest BCUT2D eigenvalue weighted by atomic mass is 9.61. The summed E-state index contributed by atoms with van der Waals surface area (Å²) in [7, 11) is 2.24. The van der Waals surface area contributed by atoms with Crippen LogP contribution in [0.3, 0.4) is 0 Å². The van der Waals surface area contributed by atoms with E-state index in [0.29, 0.717) is 30.3 Å². The number of hydrogen-bond donors (Lipinski definition) is 1. The first kappa shape index (κ1) is 14.3. The number of amides is 1. The third-order valence-electron chi connectivity index (χ3n) is 5.96. The number of hydrogen-bond acceptors (Lipinski definition) is 3. The van der Waals surface area contributed by atoms with E-state index in [-0.39, 0.29) is 5.41 Å². The smallest absolute Gasteiger partial charge is 0.230 e. The summed E-state index contributed by atoms with van der Waals surface area (Å²) in [5.41, 5.74) is 5.72. The first-order chi connectivity index (χ1) is 9.55. The Balaban J connectivity index is 1.65. The molecule has 2 saturated heterocycles. The van der Waals surface area contributed by atoms with Crippen LogP contribution in [0.2, 0.25) is 0 Å². The summed E-state index contributed by atoms with van der Waals surface area (Å²) in [6.07, 6.45) is 5.69. The van der Waals surface area contributed by atoms with Gasteiger partial charge in [0.1, 0.15) is 0 Å². The van der Waals surface area contributed by atoms with Crippen molar-refractivity contribution in [1.29, 1.82) is 0 Å². The molecule has 114 valence electrons. The van der Waals surface area contributed by atoms with E-state index >= 15 is 0 Å². The maximum Gasteiger partial charge on any atom is 0.230 e. The van der Waals surface area contributed by atoms with Crippen LogP contribution in [-0.2, 0) is 4.79 Å². The van der Waals surface area contributed by atoms with E-state index in [1.54, 1.807) is 0 Å². The number of nitrogens with zero attached hydrogens (tertiary/aromatic N) is 2. The summed E-state index contributed by atoms with van der Waals surface area (Å²) in [5, 5.41) is 0. The second-order valence-electron chi connectivity index (χ2n) is 7.49. The van der Waals surface area contributed by atoms with E-state index in [4.69, 9.17) is 5.73 Å². The highest BCUT2D eigenvalue weighted by Gasteiger charge is 2.50. The van der Waals surface area contributed by atoms with Crippen LogP contribution in [0.1, 0.15) is 39.0 Å². The molecule has 0 aromatic heterocycles. The molecule has 4 heteroatoms. The molecule has 1 amide bonds. The second kappa shape index (κ2) is 5.30. The highest BCUT2D eigenvalue weighted by Crippen LogP contribution is 2.46. The van der Waals surface area contributed by atoms with Crippen molar-refractivity contribution in [3.8, 4) is 0 Å². The average Bonchev–Trinajstić information content (AvgIpc) is 2.43. The van der Waals surface area contributed by atoms with Gasteiger partial charge in [0, 0.05) is 25.7 Å². The van der Waals surface area contributed by atoms with Gasteiger partial charge in [-0.2, -0.15) is 0 Å². The van der Waals surface area contributed by atoms with Crippen LogP contribution in [0, 0.1) is 17.3 Å². The second-order valence-corrected chi connectivity index (χ2v) is 7.49. The van der Waals surface area contributed by atoms with Gasteiger partial charge in [-0.3, -0.25) is 4.79 Å². The van der Waals surface area contributed by atoms with Crippen molar-refractivity contribution in [2.45, 2.75) is 45.1 Å². The monoisotopic (exact) mass is 279 g/mol. The Morgan fingerprint density at radius 1 is 1.30 bits per heavy atom. The van der Waals surface area contributed by atoms with Crippen molar-refractivity contribution >= 4 is 5.91 Å². The maximum atomic E-state index is 12.9. The summed E-state index contributed by atoms with van der Waals surface area (Å²) < 4.78 is 0. The quantitative estimate of drug-likeness (QED) is 0.829. The van der Waals surface area contributed by atoms with Crippen LogP contribution in [-0.4, -0.2) is 55.0 Å². The molecule has 2 unspecified atom stereocenters. The zero-order chi connectivity index (χ0) is 14.3. The largest absolute Gasteiger partial charge is 0.342 e. The highest BCUT2D eigenvalue weighted by atomic mass is 16.2. The molecule has 3 aliphatic rings. The fourth-order valence-corrected chi connectivity index (χ4v) is 4.88. The minimum Gasteiger partial charge on any atom is -0.342 e. The van der Waals surface area contributed by atoms with Crippen molar-refractivity contribution in [3.05, 3.63) is 0 Å². The Bertz CT molecular complexity index is 378. The predicted octanol–water partition coefficient (Wildman–Crippen LogP) is 1.30. The van der Waals surface area contributed by atoms with Gasteiger partial charge in [-0.1, -0.05) is 6.92 Å². The molecule has 3 rings (SSSR count). The number of carbonyl (C=O) groups is 1. The van der Waals surface area contributed by atoms with E-state index in [0.717, 1.165) is 32.4 Å². The highest BCUT2D eigenvalue weighted by molar-refractivity contribution is 5.84. The van der Waals surface area contributed by atoms with Gasteiger partial charge in [-0.15, -0.1) is 0 Å². The molecule has 0 aromatic carbocycles. The van der Waals surface area contributed by atoms with Gasteiger partial charge in [0.25, 0.3) is 0 Å². The van der Waals surface area contributed by atoms with Gasteiger partial charge in [-0.05, 0) is 57.5 Å². The van der Waals surface area contributed by atoms with E-state index in [2.05, 4.69) is 23.8 Å². The fourth-order valence-electron chi connectivity index (χ4n) is 4.88. The molecule has 2 atom stereocenters. The molecule has 4 nitrogen and oxygen atoms in total. The van der Waals surface area contributed by atoms with Crippen molar-refractivity contribution in [2.75, 3.05) is 33.2 Å². The maximum absolute atomic E-state index is 12.9. The molecule has 1 aliphatic carbocycles. The lowest BCUT2D eigenvalue weighted by molar-refractivity contribution is -0.153. The zero-order valence-electron chi connectivity index (χ0n) is 13.0. The molecular formula is C16H29N3O. The molecule has 0 bridgehead atoms. The van der Waals surface area contributed by atoms with Crippen LogP contribution in [0.15, 0.2) is 0 Å². The first-order valence-electron chi connectivity index (χ1n) is 8.25. The molecule has 1 saturated carbocycles. The molecule has 20 heavy (non-hydrogen) atoms. The number of carbonyl (C=O) groups excluding carboxylic acids is 1. The van der Waals surface area contributed by atoms with E-state index in [1.165, 1.54) is 19.4 Å². The normalized spacial score (nSPS) is 42.0. The van der Waals surface area contributed by atoms with Crippen LogP contribution in [0.25, 0.3) is 0 Å². The molecule has 2 aliphatic heterocycles. The molecule has 3 fully saturated rings. The minimum atomic E-state index is -0.215. The van der Waals surface area contributed by atoms with Gasteiger partial charge in [-0.25, -0.2) is 0 Å². The topological polar surface area (TPSA) is 49.6 Å². The van der Waals surface area contributed by atoms with E-state index in [9.17, 15) is 4.79 Å². The number of fused-ring (bicyclic) bond motifs is 1. The standard InChI is InChI=1S/C16H29N3O/c1-12-8-16(9-12,11-17)15(20)19-7-5-14-13(10-19)4-3-6-18(14)2/h12-14H,3-11,17H2,1-2H3. The Hall–Kier alpha value is -0.610. The van der Waals surface area contributed by atoms with Gasteiger partial charge in [0.2, 0.25) is 5.91 Å². The van der Waals surface area contributed by atoms with Gasteiger partial charge in [0.15, 0.2) is 0 Å². The minimum absolute atomic E-state index is 0.215. The lowest BCUT2D eigenvalue weighted by Crippen LogP contribution is -2.60. The number of rotatable bonds is 2. The molecular weight excluding hydrogens is 250 g/mol. The lowest BCUT2D eigenvalue weighted by Gasteiger charge is -2.51. The van der Waals surface area contributed by atoms with Crippen molar-refractivity contribution in [1.82, 2.24) is 9.80 Å². The summed E-state index contributed by atoms with van der Waals surface area (Å²) >= 11 is 0. The van der Waals surface area contributed by atoms with Crippen molar-refractivity contribution < 1.29 is 4.79 Å². The van der Waals surface area contributed by atoms with Crippen LogP contribution < -0.4 is 5.73 Å². The number of likely N-dealkylation sites (tertiary alicyclic amines) is 2. The Labute approximate surface area is 122 Å². The van der Waals surface area contributed by atoms with Crippen molar-refractivity contribution in [3.63, 3.8) is 0 Å². The van der Waals surface area contributed by atoms with E-state index < -0.39 is 0 Å². The zero-order valence-corrected chi connectivity index (χ0v) is 13.0. The average molecular weight is 279 g/mol. The predicted molar refractivity (Wildman–Crippen MR) is 80.2 cm³/mol. The number of nitrogens with two attached hydrogens (primary N) is 1. The van der Waals surface area contributed by atoms with Crippen LogP contribution in [0.4, 0.5) is 0 Å². The number of piperidine rings is 2. The first-order valence-corrected chi connectivity index (χ1v) is 8.25. The molecule has 2 heterocycles. The van der Waals surface area contributed by atoms with Crippen LogP contribution >= 0.6 is 0 Å². The Kier molecular flexibility index (Phi) is 3.80. The Morgan fingerprint density at radius 2 is 2.05 bits per heavy atom. The summed E-state index contributed by atoms with van der Waals surface area (Å²) in [6, 6.07) is 0.696. The van der Waals surface area contributed by atoms with Gasteiger partial charge >= 0.3 is 0 Å². The molecule has 0 aromatic rings. The van der Waals surface area contributed by atoms with Gasteiger partial charge < -0.3 is 15.5 Å².